The van der Waals surface area contributed by atoms with Crippen molar-refractivity contribution >= 4 is 11.6 Å². The van der Waals surface area contributed by atoms with Gasteiger partial charge in [-0.2, -0.15) is 0 Å². The second-order valence-electron chi connectivity index (χ2n) is 6.02. The first-order valence-electron chi connectivity index (χ1n) is 7.46. The second-order valence-corrected chi connectivity index (χ2v) is 6.43. The molecule has 2 aliphatic carbocycles. The number of ether oxygens (including phenoxy) is 2. The molecule has 110 valence electrons. The summed E-state index contributed by atoms with van der Waals surface area (Å²) in [6.07, 6.45) is 8.14. The highest BCUT2D eigenvalue weighted by Gasteiger charge is 2.32. The van der Waals surface area contributed by atoms with Gasteiger partial charge in [-0.3, -0.25) is 0 Å². The minimum absolute atomic E-state index is 0.271. The molecule has 0 saturated heterocycles. The lowest BCUT2D eigenvalue weighted by Crippen LogP contribution is -2.38. The van der Waals surface area contributed by atoms with Gasteiger partial charge in [0.05, 0.1) is 18.2 Å². The lowest BCUT2D eigenvalue weighted by molar-refractivity contribution is 0.278. The van der Waals surface area contributed by atoms with Crippen LogP contribution in [0.3, 0.4) is 0 Å². The molecule has 0 heterocycles. The van der Waals surface area contributed by atoms with Crippen LogP contribution in [-0.4, -0.2) is 13.2 Å². The van der Waals surface area contributed by atoms with E-state index in [1.165, 1.54) is 19.3 Å². The molecule has 0 unspecified atom stereocenters. The summed E-state index contributed by atoms with van der Waals surface area (Å²) in [5, 5.41) is 0.613. The van der Waals surface area contributed by atoms with Gasteiger partial charge in [0, 0.05) is 5.54 Å². The van der Waals surface area contributed by atoms with E-state index in [9.17, 15) is 0 Å². The highest BCUT2D eigenvalue weighted by Crippen LogP contribution is 2.44. The number of benzene rings is 1. The summed E-state index contributed by atoms with van der Waals surface area (Å²) in [7, 11) is 1.65. The summed E-state index contributed by atoms with van der Waals surface area (Å²) in [6.45, 7) is 0. The first kappa shape index (κ1) is 14.0. The van der Waals surface area contributed by atoms with E-state index in [0.717, 1.165) is 31.2 Å². The van der Waals surface area contributed by atoms with Crippen LogP contribution in [0.4, 0.5) is 0 Å². The normalized spacial score (nSPS) is 21.6. The van der Waals surface area contributed by atoms with Gasteiger partial charge >= 0.3 is 0 Å². The van der Waals surface area contributed by atoms with Crippen molar-refractivity contribution in [3.05, 3.63) is 22.7 Å². The average Bonchev–Trinajstić information content (AvgIpc) is 3.25. The van der Waals surface area contributed by atoms with Gasteiger partial charge < -0.3 is 15.2 Å². The highest BCUT2D eigenvalue weighted by molar-refractivity contribution is 6.32. The lowest BCUT2D eigenvalue weighted by atomic mass is 9.77. The van der Waals surface area contributed by atoms with Crippen molar-refractivity contribution in [2.24, 2.45) is 5.73 Å². The minimum Gasteiger partial charge on any atom is -0.493 e. The molecule has 0 aromatic heterocycles. The van der Waals surface area contributed by atoms with E-state index in [4.69, 9.17) is 26.8 Å². The van der Waals surface area contributed by atoms with Crippen LogP contribution in [-0.2, 0) is 5.54 Å². The fourth-order valence-electron chi connectivity index (χ4n) is 2.95. The van der Waals surface area contributed by atoms with Crippen LogP contribution in [0, 0.1) is 0 Å². The monoisotopic (exact) mass is 295 g/mol. The number of hydrogen-bond acceptors (Lipinski definition) is 3. The molecular weight excluding hydrogens is 274 g/mol. The predicted molar refractivity (Wildman–Crippen MR) is 80.6 cm³/mol. The Morgan fingerprint density at radius 2 is 1.90 bits per heavy atom. The first-order chi connectivity index (χ1) is 9.62. The van der Waals surface area contributed by atoms with Gasteiger partial charge in [0.2, 0.25) is 0 Å². The zero-order chi connectivity index (χ0) is 14.2. The van der Waals surface area contributed by atoms with Gasteiger partial charge in [0.25, 0.3) is 0 Å². The Morgan fingerprint density at radius 3 is 2.50 bits per heavy atom. The standard InChI is InChI=1S/C16H22ClNO2/c1-19-14-10-11(16(18)7-3-2-4-8-16)9-13(17)15(14)20-12-5-6-12/h9-10,12H,2-8,18H2,1H3. The molecule has 2 N–H and O–H groups in total. The molecule has 0 radical (unpaired) electrons. The third kappa shape index (κ3) is 2.75. The Labute approximate surface area is 125 Å². The van der Waals surface area contributed by atoms with Crippen LogP contribution in [0.15, 0.2) is 12.1 Å². The predicted octanol–water partition coefficient (Wildman–Crippen LogP) is 4.01. The number of rotatable bonds is 4. The maximum absolute atomic E-state index is 6.58. The molecule has 3 rings (SSSR count). The molecule has 20 heavy (non-hydrogen) atoms. The van der Waals surface area contributed by atoms with Crippen molar-refractivity contribution in [1.29, 1.82) is 0 Å². The van der Waals surface area contributed by atoms with Crippen molar-refractivity contribution in [2.45, 2.75) is 56.6 Å². The van der Waals surface area contributed by atoms with Crippen LogP contribution < -0.4 is 15.2 Å². The molecule has 4 heteroatoms. The van der Waals surface area contributed by atoms with Gasteiger partial charge in [-0.05, 0) is 43.4 Å². The molecule has 0 atom stereocenters. The lowest BCUT2D eigenvalue weighted by Gasteiger charge is -2.34. The van der Waals surface area contributed by atoms with E-state index in [1.54, 1.807) is 7.11 Å². The smallest absolute Gasteiger partial charge is 0.180 e. The van der Waals surface area contributed by atoms with Crippen LogP contribution in [0.2, 0.25) is 5.02 Å². The Morgan fingerprint density at radius 1 is 1.20 bits per heavy atom. The number of halogens is 1. The van der Waals surface area contributed by atoms with Crippen molar-refractivity contribution in [3.63, 3.8) is 0 Å². The van der Waals surface area contributed by atoms with Gasteiger partial charge in [-0.25, -0.2) is 0 Å². The zero-order valence-electron chi connectivity index (χ0n) is 12.0. The molecule has 1 aromatic rings. The van der Waals surface area contributed by atoms with E-state index in [1.807, 2.05) is 12.1 Å². The van der Waals surface area contributed by atoms with Gasteiger partial charge in [-0.15, -0.1) is 0 Å². The molecule has 0 amide bonds. The second kappa shape index (κ2) is 5.45. The molecular formula is C16H22ClNO2. The van der Waals surface area contributed by atoms with Crippen LogP contribution in [0.25, 0.3) is 0 Å². The average molecular weight is 296 g/mol. The maximum Gasteiger partial charge on any atom is 0.180 e. The summed E-state index contributed by atoms with van der Waals surface area (Å²) in [5.74, 6) is 1.37. The topological polar surface area (TPSA) is 44.5 Å². The fraction of sp³-hybridized carbons (Fsp3) is 0.625. The van der Waals surface area contributed by atoms with Crippen molar-refractivity contribution < 1.29 is 9.47 Å². The van der Waals surface area contributed by atoms with Crippen LogP contribution in [0.5, 0.6) is 11.5 Å². The number of nitrogens with two attached hydrogens (primary N) is 1. The molecule has 2 fully saturated rings. The fourth-order valence-corrected chi connectivity index (χ4v) is 3.20. The summed E-state index contributed by atoms with van der Waals surface area (Å²) in [5.41, 5.74) is 7.38. The van der Waals surface area contributed by atoms with Gasteiger partial charge in [-0.1, -0.05) is 30.9 Å². The Hall–Kier alpha value is -0.930. The quantitative estimate of drug-likeness (QED) is 0.913. The SMILES string of the molecule is COc1cc(C2(N)CCCCC2)cc(Cl)c1OC1CC1. The van der Waals surface area contributed by atoms with Crippen molar-refractivity contribution in [1.82, 2.24) is 0 Å². The zero-order valence-corrected chi connectivity index (χ0v) is 12.7. The minimum atomic E-state index is -0.271. The summed E-state index contributed by atoms with van der Waals surface area (Å²) < 4.78 is 11.3. The highest BCUT2D eigenvalue weighted by atomic mass is 35.5. The Bertz CT molecular complexity index is 493. The first-order valence-corrected chi connectivity index (χ1v) is 7.84. The largest absolute Gasteiger partial charge is 0.493 e. The summed E-state index contributed by atoms with van der Waals surface area (Å²) >= 11 is 6.41. The van der Waals surface area contributed by atoms with Gasteiger partial charge in [0.1, 0.15) is 0 Å². The van der Waals surface area contributed by atoms with Gasteiger partial charge in [0.15, 0.2) is 11.5 Å². The third-order valence-corrected chi connectivity index (χ3v) is 4.64. The third-order valence-electron chi connectivity index (χ3n) is 4.36. The van der Waals surface area contributed by atoms with Crippen molar-refractivity contribution in [2.75, 3.05) is 7.11 Å². The number of methoxy groups -OCH3 is 1. The molecule has 0 spiro atoms. The molecule has 2 aliphatic rings. The van der Waals surface area contributed by atoms with E-state index in [2.05, 4.69) is 0 Å². The molecule has 3 nitrogen and oxygen atoms in total. The molecule has 0 aliphatic heterocycles. The molecule has 0 bridgehead atoms. The Balaban J connectivity index is 1.93. The van der Waals surface area contributed by atoms with E-state index in [0.29, 0.717) is 22.6 Å². The molecule has 2 saturated carbocycles. The van der Waals surface area contributed by atoms with Crippen molar-refractivity contribution in [3.8, 4) is 11.5 Å². The van der Waals surface area contributed by atoms with E-state index >= 15 is 0 Å². The summed E-state index contributed by atoms with van der Waals surface area (Å²) in [6, 6.07) is 3.97. The Kier molecular flexibility index (Phi) is 3.83. The maximum atomic E-state index is 6.58. The summed E-state index contributed by atoms with van der Waals surface area (Å²) in [4.78, 5) is 0. The number of hydrogen-bond donors (Lipinski definition) is 1. The van der Waals surface area contributed by atoms with Crippen LogP contribution >= 0.6 is 11.6 Å². The van der Waals surface area contributed by atoms with E-state index < -0.39 is 0 Å². The van der Waals surface area contributed by atoms with E-state index in [-0.39, 0.29) is 5.54 Å². The van der Waals surface area contributed by atoms with Crippen LogP contribution in [0.1, 0.15) is 50.5 Å². The molecule has 1 aromatic carbocycles.